The van der Waals surface area contributed by atoms with Crippen molar-refractivity contribution >= 4 is 5.91 Å². The highest BCUT2D eigenvalue weighted by atomic mass is 16.5. The van der Waals surface area contributed by atoms with Gasteiger partial charge < -0.3 is 20.5 Å². The van der Waals surface area contributed by atoms with E-state index in [4.69, 9.17) is 4.74 Å². The number of ether oxygens (including phenoxy) is 1. The normalized spacial score (nSPS) is 11.8. The van der Waals surface area contributed by atoms with Crippen LogP contribution < -0.4 is 15.4 Å². The molecule has 0 heterocycles. The fourth-order valence-electron chi connectivity index (χ4n) is 2.31. The summed E-state index contributed by atoms with van der Waals surface area (Å²) in [4.78, 5) is 11.9. The van der Waals surface area contributed by atoms with Crippen LogP contribution >= 0.6 is 0 Å². The molecular formula is C19H24N2O3. The number of rotatable bonds is 9. The molecule has 0 fully saturated rings. The zero-order valence-electron chi connectivity index (χ0n) is 13.9. The predicted octanol–water partition coefficient (Wildman–Crippen LogP) is 1.68. The second-order valence-corrected chi connectivity index (χ2v) is 5.51. The summed E-state index contributed by atoms with van der Waals surface area (Å²) in [7, 11) is 1.61. The van der Waals surface area contributed by atoms with Crippen LogP contribution in [0.25, 0.3) is 0 Å². The first kappa shape index (κ1) is 18.0. The molecule has 0 aliphatic heterocycles. The number of hydrogen-bond donors (Lipinski definition) is 3. The van der Waals surface area contributed by atoms with Gasteiger partial charge in [0, 0.05) is 19.6 Å². The molecule has 0 radical (unpaired) electrons. The Morgan fingerprint density at radius 1 is 1.08 bits per heavy atom. The third kappa shape index (κ3) is 6.02. The number of hydrogen-bond acceptors (Lipinski definition) is 4. The summed E-state index contributed by atoms with van der Waals surface area (Å²) in [6, 6.07) is 17.0. The van der Waals surface area contributed by atoms with Crippen molar-refractivity contribution in [2.45, 2.75) is 12.5 Å². The first-order chi connectivity index (χ1) is 11.7. The number of carbonyl (C=O) groups excluding carboxylic acids is 1. The molecule has 5 heteroatoms. The van der Waals surface area contributed by atoms with E-state index in [1.807, 2.05) is 54.6 Å². The maximum Gasteiger partial charge on any atom is 0.224 e. The molecular weight excluding hydrogens is 304 g/mol. The number of benzene rings is 2. The van der Waals surface area contributed by atoms with Crippen LogP contribution in [-0.2, 0) is 11.2 Å². The van der Waals surface area contributed by atoms with E-state index in [9.17, 15) is 9.90 Å². The van der Waals surface area contributed by atoms with Crippen LogP contribution in [0.15, 0.2) is 54.6 Å². The molecule has 5 nitrogen and oxygen atoms in total. The fraction of sp³-hybridized carbons (Fsp3) is 0.316. The number of nitrogens with one attached hydrogen (secondary N) is 2. The summed E-state index contributed by atoms with van der Waals surface area (Å²) < 4.78 is 5.09. The van der Waals surface area contributed by atoms with Gasteiger partial charge in [0.15, 0.2) is 0 Å². The van der Waals surface area contributed by atoms with Crippen molar-refractivity contribution in [1.29, 1.82) is 0 Å². The fourth-order valence-corrected chi connectivity index (χ4v) is 2.31. The Labute approximate surface area is 142 Å². The van der Waals surface area contributed by atoms with Crippen LogP contribution in [0, 0.1) is 0 Å². The molecule has 3 N–H and O–H groups in total. The SMILES string of the molecule is COc1ccc(CC(=O)NCCNC[C@@H](O)c2ccccc2)cc1. The second-order valence-electron chi connectivity index (χ2n) is 5.51. The Kier molecular flexibility index (Phi) is 7.26. The van der Waals surface area contributed by atoms with Crippen molar-refractivity contribution in [3.8, 4) is 5.75 Å². The van der Waals surface area contributed by atoms with E-state index in [0.29, 0.717) is 26.1 Å². The van der Waals surface area contributed by atoms with Crippen LogP contribution in [0.1, 0.15) is 17.2 Å². The topological polar surface area (TPSA) is 70.6 Å². The molecule has 0 spiro atoms. The number of carbonyl (C=O) groups is 1. The smallest absolute Gasteiger partial charge is 0.224 e. The Hall–Kier alpha value is -2.37. The summed E-state index contributed by atoms with van der Waals surface area (Å²) in [6.45, 7) is 1.59. The Morgan fingerprint density at radius 3 is 2.46 bits per heavy atom. The zero-order valence-corrected chi connectivity index (χ0v) is 13.9. The lowest BCUT2D eigenvalue weighted by Crippen LogP contribution is -2.34. The molecule has 0 unspecified atom stereocenters. The van der Waals surface area contributed by atoms with Gasteiger partial charge in [-0.05, 0) is 23.3 Å². The minimum Gasteiger partial charge on any atom is -0.497 e. The molecule has 0 aliphatic rings. The van der Waals surface area contributed by atoms with Gasteiger partial charge in [-0.1, -0.05) is 42.5 Å². The van der Waals surface area contributed by atoms with Gasteiger partial charge in [-0.2, -0.15) is 0 Å². The van der Waals surface area contributed by atoms with Gasteiger partial charge in [-0.3, -0.25) is 4.79 Å². The highest BCUT2D eigenvalue weighted by Gasteiger charge is 2.06. The van der Waals surface area contributed by atoms with Gasteiger partial charge >= 0.3 is 0 Å². The number of aliphatic hydroxyl groups excluding tert-OH is 1. The number of aliphatic hydroxyl groups is 1. The van der Waals surface area contributed by atoms with Crippen LogP contribution in [0.4, 0.5) is 0 Å². The number of methoxy groups -OCH3 is 1. The molecule has 0 saturated carbocycles. The minimum absolute atomic E-state index is 0.0226. The van der Waals surface area contributed by atoms with E-state index in [2.05, 4.69) is 10.6 Å². The summed E-state index contributed by atoms with van der Waals surface area (Å²) in [5, 5.41) is 16.0. The van der Waals surface area contributed by atoms with E-state index in [1.165, 1.54) is 0 Å². The van der Waals surface area contributed by atoms with E-state index in [-0.39, 0.29) is 5.91 Å². The lowest BCUT2D eigenvalue weighted by molar-refractivity contribution is -0.120. The van der Waals surface area contributed by atoms with Crippen molar-refractivity contribution in [1.82, 2.24) is 10.6 Å². The van der Waals surface area contributed by atoms with Gasteiger partial charge in [-0.25, -0.2) is 0 Å². The van der Waals surface area contributed by atoms with Crippen molar-refractivity contribution in [3.63, 3.8) is 0 Å². The van der Waals surface area contributed by atoms with Crippen molar-refractivity contribution in [2.24, 2.45) is 0 Å². The van der Waals surface area contributed by atoms with Crippen LogP contribution in [-0.4, -0.2) is 37.8 Å². The summed E-state index contributed by atoms with van der Waals surface area (Å²) in [6.07, 6.45) is -0.197. The zero-order chi connectivity index (χ0) is 17.2. The van der Waals surface area contributed by atoms with E-state index in [1.54, 1.807) is 7.11 Å². The van der Waals surface area contributed by atoms with Crippen LogP contribution in [0.2, 0.25) is 0 Å². The molecule has 1 amide bonds. The van der Waals surface area contributed by atoms with Gasteiger partial charge in [0.05, 0.1) is 19.6 Å². The van der Waals surface area contributed by atoms with E-state index < -0.39 is 6.10 Å². The van der Waals surface area contributed by atoms with Crippen molar-refractivity contribution in [2.75, 3.05) is 26.7 Å². The van der Waals surface area contributed by atoms with Crippen molar-refractivity contribution < 1.29 is 14.6 Å². The maximum absolute atomic E-state index is 11.9. The molecule has 2 aromatic carbocycles. The van der Waals surface area contributed by atoms with Gasteiger partial charge in [0.25, 0.3) is 0 Å². The number of amides is 1. The third-order valence-electron chi connectivity index (χ3n) is 3.67. The van der Waals surface area contributed by atoms with Crippen molar-refractivity contribution in [3.05, 3.63) is 65.7 Å². The molecule has 0 aromatic heterocycles. The first-order valence-electron chi connectivity index (χ1n) is 8.02. The van der Waals surface area contributed by atoms with Gasteiger partial charge in [0.1, 0.15) is 5.75 Å². The first-order valence-corrected chi connectivity index (χ1v) is 8.02. The molecule has 0 saturated heterocycles. The monoisotopic (exact) mass is 328 g/mol. The van der Waals surface area contributed by atoms with Crippen LogP contribution in [0.3, 0.4) is 0 Å². The van der Waals surface area contributed by atoms with Crippen LogP contribution in [0.5, 0.6) is 5.75 Å². The highest BCUT2D eigenvalue weighted by molar-refractivity contribution is 5.78. The average molecular weight is 328 g/mol. The summed E-state index contributed by atoms with van der Waals surface area (Å²) in [5.74, 6) is 0.755. The lowest BCUT2D eigenvalue weighted by atomic mass is 10.1. The lowest BCUT2D eigenvalue weighted by Gasteiger charge is -2.12. The standard InChI is InChI=1S/C19H24N2O3/c1-24-17-9-7-15(8-10-17)13-19(23)21-12-11-20-14-18(22)16-5-3-2-4-6-16/h2-10,18,20,22H,11-14H2,1H3,(H,21,23)/t18-/m1/s1. The largest absolute Gasteiger partial charge is 0.497 e. The molecule has 2 aromatic rings. The minimum atomic E-state index is -0.541. The Balaban J connectivity index is 1.60. The molecule has 2 rings (SSSR count). The summed E-state index contributed by atoms with van der Waals surface area (Å²) in [5.41, 5.74) is 1.83. The quantitative estimate of drug-likeness (QED) is 0.613. The Morgan fingerprint density at radius 2 is 1.79 bits per heavy atom. The van der Waals surface area contributed by atoms with Gasteiger partial charge in [0.2, 0.25) is 5.91 Å². The molecule has 24 heavy (non-hydrogen) atoms. The third-order valence-corrected chi connectivity index (χ3v) is 3.67. The molecule has 0 bridgehead atoms. The summed E-state index contributed by atoms with van der Waals surface area (Å²) >= 11 is 0. The molecule has 0 aliphatic carbocycles. The van der Waals surface area contributed by atoms with E-state index in [0.717, 1.165) is 16.9 Å². The Bertz CT molecular complexity index is 614. The average Bonchev–Trinajstić information content (AvgIpc) is 2.62. The molecule has 128 valence electrons. The highest BCUT2D eigenvalue weighted by Crippen LogP contribution is 2.11. The predicted molar refractivity (Wildman–Crippen MR) is 94.0 cm³/mol. The maximum atomic E-state index is 11.9. The molecule has 1 atom stereocenters. The second kappa shape index (κ2) is 9.70. The van der Waals surface area contributed by atoms with Gasteiger partial charge in [-0.15, -0.1) is 0 Å². The van der Waals surface area contributed by atoms with E-state index >= 15 is 0 Å².